The molecule has 0 unspecified atom stereocenters. The van der Waals surface area contributed by atoms with Crippen LogP contribution in [0.2, 0.25) is 0 Å². The number of guanidine groups is 1. The average Bonchev–Trinajstić information content (AvgIpc) is 2.68. The zero-order valence-corrected chi connectivity index (χ0v) is 19.4. The summed E-state index contributed by atoms with van der Waals surface area (Å²) in [5.74, 6) is 1.38. The summed E-state index contributed by atoms with van der Waals surface area (Å²) in [6, 6.07) is 16.2. The SMILES string of the molecule is CCNC(=NCc1ccccc1OCC)NCCS(=O)(=O)c1ccccc1.I. The van der Waals surface area contributed by atoms with E-state index in [0.29, 0.717) is 30.6 Å². The Bertz CT molecular complexity index is 843. The van der Waals surface area contributed by atoms with Crippen LogP contribution in [0.5, 0.6) is 5.75 Å². The average molecular weight is 517 g/mol. The molecule has 0 fully saturated rings. The molecule has 0 aliphatic rings. The van der Waals surface area contributed by atoms with E-state index in [2.05, 4.69) is 15.6 Å². The van der Waals surface area contributed by atoms with Gasteiger partial charge in [0, 0.05) is 18.7 Å². The van der Waals surface area contributed by atoms with Gasteiger partial charge in [-0.15, -0.1) is 24.0 Å². The molecule has 8 heteroatoms. The predicted molar refractivity (Wildman–Crippen MR) is 124 cm³/mol. The maximum atomic E-state index is 12.4. The Labute approximate surface area is 184 Å². The minimum atomic E-state index is -3.32. The van der Waals surface area contributed by atoms with Crippen molar-refractivity contribution in [3.63, 3.8) is 0 Å². The number of sulfone groups is 1. The van der Waals surface area contributed by atoms with Crippen LogP contribution in [0.4, 0.5) is 0 Å². The van der Waals surface area contributed by atoms with Gasteiger partial charge >= 0.3 is 0 Å². The van der Waals surface area contributed by atoms with Crippen LogP contribution in [-0.2, 0) is 16.4 Å². The molecule has 28 heavy (non-hydrogen) atoms. The van der Waals surface area contributed by atoms with Gasteiger partial charge in [0.25, 0.3) is 0 Å². The molecule has 0 amide bonds. The highest BCUT2D eigenvalue weighted by Crippen LogP contribution is 2.18. The van der Waals surface area contributed by atoms with Gasteiger partial charge in [-0.1, -0.05) is 36.4 Å². The fourth-order valence-corrected chi connectivity index (χ4v) is 3.66. The third kappa shape index (κ3) is 7.67. The first-order chi connectivity index (χ1) is 13.1. The van der Waals surface area contributed by atoms with E-state index in [-0.39, 0.29) is 36.3 Å². The lowest BCUT2D eigenvalue weighted by Gasteiger charge is -2.13. The van der Waals surface area contributed by atoms with Gasteiger partial charge < -0.3 is 15.4 Å². The predicted octanol–water partition coefficient (Wildman–Crippen LogP) is 3.23. The Hall–Kier alpha value is -1.81. The molecule has 2 aromatic rings. The maximum absolute atomic E-state index is 12.4. The van der Waals surface area contributed by atoms with E-state index < -0.39 is 9.84 Å². The van der Waals surface area contributed by atoms with Gasteiger partial charge in [-0.3, -0.25) is 0 Å². The monoisotopic (exact) mass is 517 g/mol. The van der Waals surface area contributed by atoms with Gasteiger partial charge in [-0.05, 0) is 32.0 Å². The Morgan fingerprint density at radius 1 is 1.00 bits per heavy atom. The second-order valence-corrected chi connectivity index (χ2v) is 7.90. The molecule has 0 aromatic heterocycles. The summed E-state index contributed by atoms with van der Waals surface area (Å²) in [6.45, 7) is 5.90. The van der Waals surface area contributed by atoms with Crippen molar-refractivity contribution < 1.29 is 13.2 Å². The van der Waals surface area contributed by atoms with Crippen molar-refractivity contribution in [2.45, 2.75) is 25.3 Å². The zero-order chi connectivity index (χ0) is 19.5. The maximum Gasteiger partial charge on any atom is 0.191 e. The molecule has 0 heterocycles. The molecule has 2 N–H and O–H groups in total. The minimum absolute atomic E-state index is 0. The molecular weight excluding hydrogens is 489 g/mol. The largest absolute Gasteiger partial charge is 0.494 e. The lowest BCUT2D eigenvalue weighted by Crippen LogP contribution is -2.39. The lowest BCUT2D eigenvalue weighted by atomic mass is 10.2. The van der Waals surface area contributed by atoms with E-state index in [1.54, 1.807) is 30.3 Å². The molecule has 0 bridgehead atoms. The molecule has 6 nitrogen and oxygen atoms in total. The Kier molecular flexibility index (Phi) is 10.9. The molecule has 0 spiro atoms. The van der Waals surface area contributed by atoms with E-state index in [0.717, 1.165) is 11.3 Å². The third-order valence-electron chi connectivity index (χ3n) is 3.79. The van der Waals surface area contributed by atoms with Gasteiger partial charge in [0.15, 0.2) is 15.8 Å². The second-order valence-electron chi connectivity index (χ2n) is 5.79. The summed E-state index contributed by atoms with van der Waals surface area (Å²) in [4.78, 5) is 4.87. The van der Waals surface area contributed by atoms with E-state index in [9.17, 15) is 8.42 Å². The molecular formula is C20H28IN3O3S. The zero-order valence-electron chi connectivity index (χ0n) is 16.2. The summed E-state index contributed by atoms with van der Waals surface area (Å²) in [5.41, 5.74) is 0.980. The lowest BCUT2D eigenvalue weighted by molar-refractivity contribution is 0.336. The van der Waals surface area contributed by atoms with E-state index >= 15 is 0 Å². The standard InChI is InChI=1S/C20H27N3O3S.HI/c1-3-21-20(23-16-17-10-8-9-13-19(17)26-4-2)22-14-15-27(24,25)18-11-6-5-7-12-18;/h5-13H,3-4,14-16H2,1-2H3,(H2,21,22,23);1H. The molecule has 0 saturated carbocycles. The van der Waals surface area contributed by atoms with E-state index in [1.165, 1.54) is 0 Å². The number of halogens is 1. The van der Waals surface area contributed by atoms with Gasteiger partial charge in [-0.2, -0.15) is 0 Å². The molecule has 0 radical (unpaired) electrons. The number of nitrogens with one attached hydrogen (secondary N) is 2. The highest BCUT2D eigenvalue weighted by Gasteiger charge is 2.13. The third-order valence-corrected chi connectivity index (χ3v) is 5.52. The van der Waals surface area contributed by atoms with Gasteiger partial charge in [0.2, 0.25) is 0 Å². The topological polar surface area (TPSA) is 79.8 Å². The van der Waals surface area contributed by atoms with Crippen LogP contribution in [-0.4, -0.2) is 39.8 Å². The van der Waals surface area contributed by atoms with Crippen molar-refractivity contribution >= 4 is 39.8 Å². The normalized spacial score (nSPS) is 11.4. The Morgan fingerprint density at radius 2 is 1.68 bits per heavy atom. The summed E-state index contributed by atoms with van der Waals surface area (Å²) >= 11 is 0. The van der Waals surface area contributed by atoms with Crippen LogP contribution < -0.4 is 15.4 Å². The fourth-order valence-electron chi connectivity index (χ4n) is 2.49. The second kappa shape index (κ2) is 12.6. The minimum Gasteiger partial charge on any atom is -0.494 e. The molecule has 0 saturated heterocycles. The summed E-state index contributed by atoms with van der Waals surface area (Å²) in [6.07, 6.45) is 0. The molecule has 2 aromatic carbocycles. The van der Waals surface area contributed by atoms with E-state index in [4.69, 9.17) is 4.74 Å². The highest BCUT2D eigenvalue weighted by atomic mass is 127. The van der Waals surface area contributed by atoms with Crippen molar-refractivity contribution in [1.29, 1.82) is 0 Å². The van der Waals surface area contributed by atoms with Gasteiger partial charge in [-0.25, -0.2) is 13.4 Å². The van der Waals surface area contributed by atoms with Crippen LogP contribution in [0.25, 0.3) is 0 Å². The van der Waals surface area contributed by atoms with Gasteiger partial charge in [0.1, 0.15) is 5.75 Å². The number of hydrogen-bond acceptors (Lipinski definition) is 4. The molecule has 2 rings (SSSR count). The molecule has 0 aliphatic carbocycles. The van der Waals surface area contributed by atoms with Crippen LogP contribution in [0.3, 0.4) is 0 Å². The van der Waals surface area contributed by atoms with Crippen molar-refractivity contribution in [2.24, 2.45) is 4.99 Å². The van der Waals surface area contributed by atoms with Crippen molar-refractivity contribution in [3.05, 3.63) is 60.2 Å². The first-order valence-electron chi connectivity index (χ1n) is 9.07. The number of aliphatic imine (C=N–C) groups is 1. The molecule has 0 aliphatic heterocycles. The Balaban J connectivity index is 0.00000392. The van der Waals surface area contributed by atoms with Crippen LogP contribution >= 0.6 is 24.0 Å². The molecule has 0 atom stereocenters. The summed E-state index contributed by atoms with van der Waals surface area (Å²) in [7, 11) is -3.32. The van der Waals surface area contributed by atoms with E-state index in [1.807, 2.05) is 38.1 Å². The number of hydrogen-bond donors (Lipinski definition) is 2. The van der Waals surface area contributed by atoms with Crippen LogP contribution in [0, 0.1) is 0 Å². The number of nitrogens with zero attached hydrogens (tertiary/aromatic N) is 1. The Morgan fingerprint density at radius 3 is 2.36 bits per heavy atom. The quantitative estimate of drug-likeness (QED) is 0.304. The summed E-state index contributed by atoms with van der Waals surface area (Å²) in [5, 5.41) is 6.22. The molecule has 154 valence electrons. The van der Waals surface area contributed by atoms with Crippen molar-refractivity contribution in [1.82, 2.24) is 10.6 Å². The number of benzene rings is 2. The number of ether oxygens (including phenoxy) is 1. The summed E-state index contributed by atoms with van der Waals surface area (Å²) < 4.78 is 30.3. The highest BCUT2D eigenvalue weighted by molar-refractivity contribution is 14.0. The smallest absolute Gasteiger partial charge is 0.191 e. The fraction of sp³-hybridized carbons (Fsp3) is 0.350. The van der Waals surface area contributed by atoms with Crippen LogP contribution in [0.15, 0.2) is 64.5 Å². The first-order valence-corrected chi connectivity index (χ1v) is 10.7. The van der Waals surface area contributed by atoms with Crippen LogP contribution in [0.1, 0.15) is 19.4 Å². The number of para-hydroxylation sites is 1. The first kappa shape index (κ1) is 24.2. The van der Waals surface area contributed by atoms with Crippen molar-refractivity contribution in [2.75, 3.05) is 25.4 Å². The van der Waals surface area contributed by atoms with Crippen molar-refractivity contribution in [3.8, 4) is 5.75 Å². The van der Waals surface area contributed by atoms with Gasteiger partial charge in [0.05, 0.1) is 23.8 Å². The number of rotatable bonds is 9.